The predicted molar refractivity (Wildman–Crippen MR) is 95.9 cm³/mol. The van der Waals surface area contributed by atoms with Gasteiger partial charge in [-0.2, -0.15) is 11.8 Å². The number of hydrogen-bond donors (Lipinski definition) is 2. The number of rotatable bonds is 5. The smallest absolute Gasteiger partial charge is 0.231 e. The Kier molecular flexibility index (Phi) is 5.78. The highest BCUT2D eigenvalue weighted by Crippen LogP contribution is 2.39. The normalized spacial score (nSPS) is 19.9. The number of ether oxygens (including phenoxy) is 2. The molecule has 23 heavy (non-hydrogen) atoms. The van der Waals surface area contributed by atoms with Crippen molar-refractivity contribution < 1.29 is 9.47 Å². The van der Waals surface area contributed by atoms with Gasteiger partial charge in [-0.15, -0.1) is 0 Å². The number of nitrogens with one attached hydrogen (secondary N) is 2. The highest BCUT2D eigenvalue weighted by Gasteiger charge is 2.18. The van der Waals surface area contributed by atoms with Gasteiger partial charge in [0.1, 0.15) is 0 Å². The van der Waals surface area contributed by atoms with E-state index in [1.807, 2.05) is 23.9 Å². The first kappa shape index (κ1) is 16.6. The van der Waals surface area contributed by atoms with Crippen LogP contribution in [0.5, 0.6) is 11.5 Å². The van der Waals surface area contributed by atoms with Crippen molar-refractivity contribution in [2.24, 2.45) is 4.99 Å². The van der Waals surface area contributed by atoms with Crippen LogP contribution in [0.4, 0.5) is 0 Å². The van der Waals surface area contributed by atoms with E-state index in [1.165, 1.54) is 18.6 Å². The number of halogens is 1. The first-order valence-electron chi connectivity index (χ1n) is 7.98. The van der Waals surface area contributed by atoms with Crippen molar-refractivity contribution in [3.63, 3.8) is 0 Å². The molecule has 2 aliphatic heterocycles. The Balaban J connectivity index is 1.62. The second kappa shape index (κ2) is 8.02. The quantitative estimate of drug-likeness (QED) is 0.628. The molecule has 1 fully saturated rings. The van der Waals surface area contributed by atoms with Crippen LogP contribution in [-0.4, -0.2) is 36.8 Å². The molecule has 1 saturated heterocycles. The number of guanidine groups is 1. The van der Waals surface area contributed by atoms with E-state index in [9.17, 15) is 0 Å². The van der Waals surface area contributed by atoms with Crippen LogP contribution in [-0.2, 0) is 6.54 Å². The lowest BCUT2D eigenvalue weighted by molar-refractivity contribution is 0.174. The lowest BCUT2D eigenvalue weighted by Gasteiger charge is -2.14. The lowest BCUT2D eigenvalue weighted by Crippen LogP contribution is -2.40. The van der Waals surface area contributed by atoms with E-state index in [-0.39, 0.29) is 6.79 Å². The van der Waals surface area contributed by atoms with Gasteiger partial charge in [0, 0.05) is 18.3 Å². The van der Waals surface area contributed by atoms with Gasteiger partial charge in [0.05, 0.1) is 11.6 Å². The maximum atomic E-state index is 6.21. The van der Waals surface area contributed by atoms with Gasteiger partial charge in [0.15, 0.2) is 17.5 Å². The highest BCUT2D eigenvalue weighted by molar-refractivity contribution is 8.00. The molecule has 1 atom stereocenters. The minimum atomic E-state index is 0.227. The summed E-state index contributed by atoms with van der Waals surface area (Å²) in [6, 6.07) is 3.82. The molecule has 1 aromatic rings. The number of aliphatic imine (C=N–C) groups is 1. The molecule has 1 aromatic carbocycles. The van der Waals surface area contributed by atoms with Crippen molar-refractivity contribution in [2.75, 3.05) is 25.6 Å². The average Bonchev–Trinajstić information content (AvgIpc) is 3.21. The second-order valence-electron chi connectivity index (χ2n) is 5.52. The Labute approximate surface area is 146 Å². The molecule has 1 unspecified atom stereocenters. The van der Waals surface area contributed by atoms with Crippen molar-refractivity contribution in [3.8, 4) is 11.5 Å². The molecule has 0 bridgehead atoms. The fraction of sp³-hybridized carbons (Fsp3) is 0.562. The van der Waals surface area contributed by atoms with Gasteiger partial charge >= 0.3 is 0 Å². The van der Waals surface area contributed by atoms with Crippen molar-refractivity contribution >= 4 is 29.3 Å². The molecular weight excluding hydrogens is 334 g/mol. The van der Waals surface area contributed by atoms with Crippen molar-refractivity contribution in [1.82, 2.24) is 10.6 Å². The summed E-state index contributed by atoms with van der Waals surface area (Å²) in [6.07, 6.45) is 2.61. The molecule has 0 saturated carbocycles. The molecule has 0 aliphatic carbocycles. The molecule has 2 N–H and O–H groups in total. The van der Waals surface area contributed by atoms with Crippen LogP contribution in [0.25, 0.3) is 0 Å². The van der Waals surface area contributed by atoms with Gasteiger partial charge in [-0.25, -0.2) is 4.99 Å². The Morgan fingerprint density at radius 1 is 1.39 bits per heavy atom. The Hall–Kier alpha value is -1.27. The molecule has 126 valence electrons. The number of fused-ring (bicyclic) bond motifs is 1. The predicted octanol–water partition coefficient (Wildman–Crippen LogP) is 3.02. The van der Waals surface area contributed by atoms with Gasteiger partial charge in [0.25, 0.3) is 0 Å². The molecule has 3 rings (SSSR count). The zero-order chi connectivity index (χ0) is 16.1. The summed E-state index contributed by atoms with van der Waals surface area (Å²) >= 11 is 8.25. The third-order valence-electron chi connectivity index (χ3n) is 3.77. The maximum absolute atomic E-state index is 6.21. The summed E-state index contributed by atoms with van der Waals surface area (Å²) in [6.45, 7) is 4.64. The second-order valence-corrected chi connectivity index (χ2v) is 7.34. The summed E-state index contributed by atoms with van der Waals surface area (Å²) in [7, 11) is 0. The van der Waals surface area contributed by atoms with Gasteiger partial charge in [-0.05, 0) is 43.2 Å². The largest absolute Gasteiger partial charge is 0.454 e. The van der Waals surface area contributed by atoms with Crippen LogP contribution in [0.15, 0.2) is 17.1 Å². The number of nitrogens with zero attached hydrogens (tertiary/aromatic N) is 1. The summed E-state index contributed by atoms with van der Waals surface area (Å²) in [5.74, 6) is 3.44. The van der Waals surface area contributed by atoms with E-state index in [1.54, 1.807) is 0 Å². The highest BCUT2D eigenvalue weighted by atomic mass is 35.5. The average molecular weight is 356 g/mol. The maximum Gasteiger partial charge on any atom is 0.231 e. The standard InChI is InChI=1S/C16H22ClN3O2S/c1-2-18-16(20-9-12-4-3-5-23-12)19-8-11-6-13(17)15-14(7-11)21-10-22-15/h6-7,12H,2-5,8-10H2,1H3,(H2,18,19,20). The summed E-state index contributed by atoms with van der Waals surface area (Å²) in [5.41, 5.74) is 1.01. The number of thioether (sulfide) groups is 1. The Morgan fingerprint density at radius 3 is 3.09 bits per heavy atom. The monoisotopic (exact) mass is 355 g/mol. The Bertz CT molecular complexity index is 577. The first-order chi connectivity index (χ1) is 11.3. The number of benzene rings is 1. The third-order valence-corrected chi connectivity index (χ3v) is 5.45. The SMILES string of the molecule is CCNC(=NCc1cc(Cl)c2c(c1)OCO2)NCC1CCCS1. The van der Waals surface area contributed by atoms with Crippen molar-refractivity contribution in [2.45, 2.75) is 31.6 Å². The third kappa shape index (κ3) is 4.38. The first-order valence-corrected chi connectivity index (χ1v) is 9.40. The van der Waals surface area contributed by atoms with Crippen molar-refractivity contribution in [3.05, 3.63) is 22.7 Å². The van der Waals surface area contributed by atoms with E-state index in [4.69, 9.17) is 21.1 Å². The van der Waals surface area contributed by atoms with Crippen LogP contribution in [0.2, 0.25) is 5.02 Å². The molecule has 7 heteroatoms. The van der Waals surface area contributed by atoms with E-state index < -0.39 is 0 Å². The van der Waals surface area contributed by atoms with Crippen LogP contribution in [0.1, 0.15) is 25.3 Å². The minimum absolute atomic E-state index is 0.227. The molecule has 2 aliphatic rings. The van der Waals surface area contributed by atoms with Gasteiger partial charge in [-0.3, -0.25) is 0 Å². The van der Waals surface area contributed by atoms with E-state index in [0.29, 0.717) is 28.3 Å². The molecule has 0 radical (unpaired) electrons. The Morgan fingerprint density at radius 2 is 2.30 bits per heavy atom. The summed E-state index contributed by atoms with van der Waals surface area (Å²) in [5, 5.41) is 7.98. The number of hydrogen-bond acceptors (Lipinski definition) is 4. The van der Waals surface area contributed by atoms with Crippen LogP contribution in [0.3, 0.4) is 0 Å². The lowest BCUT2D eigenvalue weighted by atomic mass is 10.2. The van der Waals surface area contributed by atoms with Gasteiger partial charge in [-0.1, -0.05) is 11.6 Å². The van der Waals surface area contributed by atoms with Crippen LogP contribution >= 0.6 is 23.4 Å². The zero-order valence-corrected chi connectivity index (χ0v) is 14.8. The molecule has 5 nitrogen and oxygen atoms in total. The minimum Gasteiger partial charge on any atom is -0.454 e. The van der Waals surface area contributed by atoms with Crippen LogP contribution < -0.4 is 20.1 Å². The topological polar surface area (TPSA) is 54.9 Å². The molecule has 2 heterocycles. The van der Waals surface area contributed by atoms with Gasteiger partial charge in [0.2, 0.25) is 6.79 Å². The summed E-state index contributed by atoms with van der Waals surface area (Å²) < 4.78 is 10.7. The van der Waals surface area contributed by atoms with E-state index in [0.717, 1.165) is 24.6 Å². The van der Waals surface area contributed by atoms with E-state index >= 15 is 0 Å². The molecule has 0 aromatic heterocycles. The fourth-order valence-electron chi connectivity index (χ4n) is 2.64. The molecular formula is C16H22ClN3O2S. The zero-order valence-electron chi connectivity index (χ0n) is 13.2. The fourth-order valence-corrected chi connectivity index (χ4v) is 4.13. The van der Waals surface area contributed by atoms with Crippen LogP contribution in [0, 0.1) is 0 Å². The summed E-state index contributed by atoms with van der Waals surface area (Å²) in [4.78, 5) is 4.64. The molecule has 0 amide bonds. The molecule has 0 spiro atoms. The van der Waals surface area contributed by atoms with Gasteiger partial charge < -0.3 is 20.1 Å². The van der Waals surface area contributed by atoms with Crippen molar-refractivity contribution in [1.29, 1.82) is 0 Å². The van der Waals surface area contributed by atoms with E-state index in [2.05, 4.69) is 22.5 Å².